The summed E-state index contributed by atoms with van der Waals surface area (Å²) >= 11 is 0. The molecule has 2 aliphatic rings. The van der Waals surface area contributed by atoms with Gasteiger partial charge in [0, 0.05) is 6.04 Å². The molecule has 108 valence electrons. The van der Waals surface area contributed by atoms with Crippen LogP contribution in [0.25, 0.3) is 0 Å². The fraction of sp³-hybridized carbons (Fsp3) is 0.533. The summed E-state index contributed by atoms with van der Waals surface area (Å²) in [6.07, 6.45) is -0.0169. The highest BCUT2D eigenvalue weighted by Gasteiger charge is 2.48. The fourth-order valence-electron chi connectivity index (χ4n) is 3.23. The third-order valence-electron chi connectivity index (χ3n) is 4.26. The van der Waals surface area contributed by atoms with Gasteiger partial charge >= 0.3 is 6.09 Å². The molecule has 2 N–H and O–H groups in total. The van der Waals surface area contributed by atoms with E-state index in [1.165, 1.54) is 0 Å². The summed E-state index contributed by atoms with van der Waals surface area (Å²) in [4.78, 5) is 13.8. The Hall–Kier alpha value is -1.59. The Morgan fingerprint density at radius 1 is 1.25 bits per heavy atom. The van der Waals surface area contributed by atoms with E-state index in [4.69, 9.17) is 4.74 Å². The molecule has 1 aromatic rings. The van der Waals surface area contributed by atoms with Crippen molar-refractivity contribution in [3.05, 3.63) is 35.9 Å². The van der Waals surface area contributed by atoms with Crippen molar-refractivity contribution in [1.29, 1.82) is 0 Å². The maximum absolute atomic E-state index is 12.2. The minimum absolute atomic E-state index is 0.0123. The standard InChI is InChI=1S/C15H19NO4/c17-13-8-11-6-7-12(14(13)18)16(11)15(19)20-9-10-4-2-1-3-5-10/h1-5,11-14,17-18H,6-9H2/t11-,12+,13-,14+/m1/s1. The zero-order chi connectivity index (χ0) is 14.1. The molecular formula is C15H19NO4. The van der Waals surface area contributed by atoms with Gasteiger partial charge in [0.2, 0.25) is 0 Å². The Balaban J connectivity index is 1.63. The minimum atomic E-state index is -0.863. The molecule has 20 heavy (non-hydrogen) atoms. The first kappa shape index (κ1) is 13.4. The number of ether oxygens (including phenoxy) is 1. The van der Waals surface area contributed by atoms with Crippen LogP contribution in [0.1, 0.15) is 24.8 Å². The van der Waals surface area contributed by atoms with Crippen molar-refractivity contribution < 1.29 is 19.7 Å². The van der Waals surface area contributed by atoms with Crippen molar-refractivity contribution in [2.45, 2.75) is 50.2 Å². The average Bonchev–Trinajstić information content (AvgIpc) is 2.82. The number of amides is 1. The van der Waals surface area contributed by atoms with Crippen molar-refractivity contribution in [3.8, 4) is 0 Å². The molecule has 4 atom stereocenters. The molecule has 1 amide bonds. The summed E-state index contributed by atoms with van der Waals surface area (Å²) in [6, 6.07) is 9.18. The third-order valence-corrected chi connectivity index (χ3v) is 4.26. The van der Waals surface area contributed by atoms with Gasteiger partial charge in [-0.25, -0.2) is 4.79 Å². The van der Waals surface area contributed by atoms with Crippen molar-refractivity contribution in [3.63, 3.8) is 0 Å². The topological polar surface area (TPSA) is 70.0 Å². The second kappa shape index (κ2) is 5.42. The first-order valence-corrected chi connectivity index (χ1v) is 7.02. The molecular weight excluding hydrogens is 258 g/mol. The molecule has 0 aromatic heterocycles. The number of fused-ring (bicyclic) bond motifs is 2. The Morgan fingerprint density at radius 3 is 2.75 bits per heavy atom. The smallest absolute Gasteiger partial charge is 0.410 e. The highest BCUT2D eigenvalue weighted by atomic mass is 16.6. The summed E-state index contributed by atoms with van der Waals surface area (Å²) in [5.41, 5.74) is 0.936. The van der Waals surface area contributed by atoms with Gasteiger partial charge in [-0.3, -0.25) is 4.90 Å². The predicted octanol–water partition coefficient (Wildman–Crippen LogP) is 1.28. The molecule has 1 aromatic carbocycles. The van der Waals surface area contributed by atoms with E-state index in [0.717, 1.165) is 18.4 Å². The molecule has 2 bridgehead atoms. The van der Waals surface area contributed by atoms with E-state index in [9.17, 15) is 15.0 Å². The highest BCUT2D eigenvalue weighted by Crippen LogP contribution is 2.36. The Labute approximate surface area is 117 Å². The fourth-order valence-corrected chi connectivity index (χ4v) is 3.23. The van der Waals surface area contributed by atoms with Crippen molar-refractivity contribution >= 4 is 6.09 Å². The van der Waals surface area contributed by atoms with E-state index in [2.05, 4.69) is 0 Å². The van der Waals surface area contributed by atoms with E-state index >= 15 is 0 Å². The molecule has 3 rings (SSSR count). The molecule has 5 heteroatoms. The lowest BCUT2D eigenvalue weighted by atomic mass is 9.97. The van der Waals surface area contributed by atoms with Gasteiger partial charge in [-0.05, 0) is 24.8 Å². The lowest BCUT2D eigenvalue weighted by molar-refractivity contribution is -0.0706. The van der Waals surface area contributed by atoms with Crippen LogP contribution in [0, 0.1) is 0 Å². The highest BCUT2D eigenvalue weighted by molar-refractivity contribution is 5.69. The number of hydrogen-bond donors (Lipinski definition) is 2. The van der Waals surface area contributed by atoms with Crippen molar-refractivity contribution in [1.82, 2.24) is 4.90 Å². The van der Waals surface area contributed by atoms with Gasteiger partial charge in [-0.2, -0.15) is 0 Å². The van der Waals surface area contributed by atoms with E-state index in [0.29, 0.717) is 6.42 Å². The summed E-state index contributed by atoms with van der Waals surface area (Å²) < 4.78 is 5.33. The largest absolute Gasteiger partial charge is 0.445 e. The van der Waals surface area contributed by atoms with Crippen LogP contribution >= 0.6 is 0 Å². The van der Waals surface area contributed by atoms with E-state index in [-0.39, 0.29) is 18.7 Å². The number of piperidine rings is 1. The van der Waals surface area contributed by atoms with Crippen LogP contribution in [0.4, 0.5) is 4.79 Å². The van der Waals surface area contributed by atoms with E-state index in [1.807, 2.05) is 30.3 Å². The van der Waals surface area contributed by atoms with Crippen LogP contribution in [-0.2, 0) is 11.3 Å². The Kier molecular flexibility index (Phi) is 3.63. The number of carbonyl (C=O) groups is 1. The number of nitrogens with zero attached hydrogens (tertiary/aromatic N) is 1. The van der Waals surface area contributed by atoms with E-state index < -0.39 is 18.3 Å². The van der Waals surface area contributed by atoms with Crippen LogP contribution in [0.15, 0.2) is 30.3 Å². The summed E-state index contributed by atoms with van der Waals surface area (Å²) in [7, 11) is 0. The van der Waals surface area contributed by atoms with Gasteiger partial charge in [0.25, 0.3) is 0 Å². The lowest BCUT2D eigenvalue weighted by Gasteiger charge is -2.39. The summed E-state index contributed by atoms with van der Waals surface area (Å²) in [5.74, 6) is 0. The van der Waals surface area contributed by atoms with Crippen molar-refractivity contribution in [2.75, 3.05) is 0 Å². The second-order valence-electron chi connectivity index (χ2n) is 5.54. The molecule has 0 spiro atoms. The number of benzene rings is 1. The third kappa shape index (κ3) is 2.39. The van der Waals surface area contributed by atoms with Crippen molar-refractivity contribution in [2.24, 2.45) is 0 Å². The van der Waals surface area contributed by atoms with Gasteiger partial charge in [-0.15, -0.1) is 0 Å². The summed E-state index contributed by atoms with van der Waals surface area (Å²) in [6.45, 7) is 0.230. The quantitative estimate of drug-likeness (QED) is 0.854. The molecule has 0 saturated carbocycles. The monoisotopic (exact) mass is 277 g/mol. The molecule has 0 radical (unpaired) electrons. The van der Waals surface area contributed by atoms with E-state index in [1.54, 1.807) is 4.90 Å². The first-order chi connectivity index (χ1) is 9.66. The van der Waals surface area contributed by atoms with Gasteiger partial charge in [-0.1, -0.05) is 30.3 Å². The number of rotatable bonds is 2. The van der Waals surface area contributed by atoms with Crippen LogP contribution < -0.4 is 0 Å². The maximum Gasteiger partial charge on any atom is 0.410 e. The predicted molar refractivity (Wildman–Crippen MR) is 71.9 cm³/mol. The number of carbonyl (C=O) groups excluding carboxylic acids is 1. The van der Waals surface area contributed by atoms with Gasteiger partial charge < -0.3 is 14.9 Å². The number of aliphatic hydroxyl groups is 2. The van der Waals surface area contributed by atoms with Crippen LogP contribution in [0.5, 0.6) is 0 Å². The number of hydrogen-bond acceptors (Lipinski definition) is 4. The molecule has 2 heterocycles. The first-order valence-electron chi connectivity index (χ1n) is 7.02. The second-order valence-corrected chi connectivity index (χ2v) is 5.54. The normalized spacial score (nSPS) is 32.2. The SMILES string of the molecule is O=C(OCc1ccccc1)N1[C@@H]2CC[C@H]1[C@H](O)[C@H](O)C2. The Morgan fingerprint density at radius 2 is 2.00 bits per heavy atom. The zero-order valence-corrected chi connectivity index (χ0v) is 11.2. The maximum atomic E-state index is 12.2. The molecule has 2 fully saturated rings. The van der Waals surface area contributed by atoms with Gasteiger partial charge in [0.05, 0.1) is 12.1 Å². The average molecular weight is 277 g/mol. The van der Waals surface area contributed by atoms with Crippen LogP contribution in [-0.4, -0.2) is 45.5 Å². The molecule has 5 nitrogen and oxygen atoms in total. The van der Waals surface area contributed by atoms with Gasteiger partial charge in [0.15, 0.2) is 0 Å². The Bertz CT molecular complexity index is 478. The van der Waals surface area contributed by atoms with Crippen LogP contribution in [0.3, 0.4) is 0 Å². The zero-order valence-electron chi connectivity index (χ0n) is 11.2. The minimum Gasteiger partial charge on any atom is -0.445 e. The number of aliphatic hydroxyl groups excluding tert-OH is 2. The molecule has 2 saturated heterocycles. The lowest BCUT2D eigenvalue weighted by Crippen LogP contribution is -2.56. The van der Waals surface area contributed by atoms with Crippen LogP contribution in [0.2, 0.25) is 0 Å². The van der Waals surface area contributed by atoms with Gasteiger partial charge in [0.1, 0.15) is 12.7 Å². The molecule has 2 aliphatic heterocycles. The molecule has 0 unspecified atom stereocenters. The summed E-state index contributed by atoms with van der Waals surface area (Å²) in [5, 5.41) is 19.7. The molecule has 0 aliphatic carbocycles.